The van der Waals surface area contributed by atoms with Gasteiger partial charge in [-0.25, -0.2) is 4.98 Å². The van der Waals surface area contributed by atoms with Crippen molar-refractivity contribution in [1.29, 1.82) is 5.26 Å². The molecule has 0 amide bonds. The van der Waals surface area contributed by atoms with Crippen LogP contribution in [0.15, 0.2) is 36.5 Å². The van der Waals surface area contributed by atoms with Crippen LogP contribution in [0.2, 0.25) is 0 Å². The van der Waals surface area contributed by atoms with Gasteiger partial charge in [0, 0.05) is 30.6 Å². The first kappa shape index (κ1) is 13.7. The second-order valence-corrected chi connectivity index (χ2v) is 4.11. The Morgan fingerprint density at radius 3 is 2.85 bits per heavy atom. The molecule has 0 aliphatic carbocycles. The highest BCUT2D eigenvalue weighted by Gasteiger charge is 2.05. The van der Waals surface area contributed by atoms with E-state index >= 15 is 0 Å². The minimum Gasteiger partial charge on any atom is -0.495 e. The van der Waals surface area contributed by atoms with E-state index in [1.807, 2.05) is 25.1 Å². The van der Waals surface area contributed by atoms with Gasteiger partial charge in [0.15, 0.2) is 0 Å². The highest BCUT2D eigenvalue weighted by Crippen LogP contribution is 2.28. The van der Waals surface area contributed by atoms with E-state index in [2.05, 4.69) is 21.7 Å². The Bertz CT molecular complexity index is 634. The maximum Gasteiger partial charge on any atom is 0.143 e. The number of pyridine rings is 1. The summed E-state index contributed by atoms with van der Waals surface area (Å²) in [6, 6.07) is 11.2. The summed E-state index contributed by atoms with van der Waals surface area (Å²) < 4.78 is 5.29. The Hall–Kier alpha value is -2.74. The van der Waals surface area contributed by atoms with Crippen molar-refractivity contribution in [2.45, 2.75) is 6.92 Å². The minimum atomic E-state index is 0.565. The van der Waals surface area contributed by atoms with Crippen LogP contribution in [0.25, 0.3) is 0 Å². The summed E-state index contributed by atoms with van der Waals surface area (Å²) in [5.41, 5.74) is 2.27. The van der Waals surface area contributed by atoms with Gasteiger partial charge >= 0.3 is 0 Å². The van der Waals surface area contributed by atoms with Gasteiger partial charge in [0.1, 0.15) is 11.6 Å². The minimum absolute atomic E-state index is 0.565. The Morgan fingerprint density at radius 1 is 1.30 bits per heavy atom. The van der Waals surface area contributed by atoms with Gasteiger partial charge in [0.25, 0.3) is 0 Å². The molecule has 1 aromatic heterocycles. The predicted octanol–water partition coefficient (Wildman–Crippen LogP) is 3.14. The van der Waals surface area contributed by atoms with Crippen molar-refractivity contribution in [1.82, 2.24) is 4.98 Å². The second-order valence-electron chi connectivity index (χ2n) is 4.11. The third kappa shape index (κ3) is 3.18. The Labute approximate surface area is 118 Å². The fourth-order valence-electron chi connectivity index (χ4n) is 1.81. The lowest BCUT2D eigenvalue weighted by Gasteiger charge is -2.12. The van der Waals surface area contributed by atoms with Gasteiger partial charge in [-0.2, -0.15) is 5.26 Å². The van der Waals surface area contributed by atoms with Crippen LogP contribution in [0.5, 0.6) is 5.75 Å². The summed E-state index contributed by atoms with van der Waals surface area (Å²) >= 11 is 0. The van der Waals surface area contributed by atoms with Crippen molar-refractivity contribution < 1.29 is 4.74 Å². The SMILES string of the molecule is CCNc1cc(Nc2ccc(C#N)cc2OC)ccn1. The monoisotopic (exact) mass is 268 g/mol. The van der Waals surface area contributed by atoms with Crippen LogP contribution in [0.1, 0.15) is 12.5 Å². The van der Waals surface area contributed by atoms with E-state index in [-0.39, 0.29) is 0 Å². The lowest BCUT2D eigenvalue weighted by molar-refractivity contribution is 0.416. The van der Waals surface area contributed by atoms with Gasteiger partial charge in [-0.15, -0.1) is 0 Å². The van der Waals surface area contributed by atoms with Gasteiger partial charge in [0.05, 0.1) is 24.4 Å². The quantitative estimate of drug-likeness (QED) is 0.871. The fourth-order valence-corrected chi connectivity index (χ4v) is 1.81. The molecule has 1 aromatic carbocycles. The van der Waals surface area contributed by atoms with Crippen molar-refractivity contribution in [2.75, 3.05) is 24.3 Å². The van der Waals surface area contributed by atoms with Gasteiger partial charge in [-0.3, -0.25) is 0 Å². The molecule has 20 heavy (non-hydrogen) atoms. The van der Waals surface area contributed by atoms with Crippen LogP contribution in [-0.2, 0) is 0 Å². The Balaban J connectivity index is 2.25. The number of aromatic nitrogens is 1. The Morgan fingerprint density at radius 2 is 2.15 bits per heavy atom. The normalized spacial score (nSPS) is 9.65. The van der Waals surface area contributed by atoms with E-state index < -0.39 is 0 Å². The fraction of sp³-hybridized carbons (Fsp3) is 0.200. The lowest BCUT2D eigenvalue weighted by atomic mass is 10.2. The third-order valence-electron chi connectivity index (χ3n) is 2.73. The smallest absolute Gasteiger partial charge is 0.143 e. The molecule has 0 unspecified atom stereocenters. The van der Waals surface area contributed by atoms with Crippen molar-refractivity contribution >= 4 is 17.2 Å². The van der Waals surface area contributed by atoms with Crippen molar-refractivity contribution in [3.8, 4) is 11.8 Å². The molecule has 2 aromatic rings. The number of hydrogen-bond donors (Lipinski definition) is 2. The second kappa shape index (κ2) is 6.43. The first-order valence-corrected chi connectivity index (χ1v) is 6.32. The molecular formula is C15H16N4O. The number of ether oxygens (including phenoxy) is 1. The summed E-state index contributed by atoms with van der Waals surface area (Å²) in [7, 11) is 1.58. The highest BCUT2D eigenvalue weighted by atomic mass is 16.5. The molecule has 0 saturated carbocycles. The number of rotatable bonds is 5. The van der Waals surface area contributed by atoms with E-state index in [1.165, 1.54) is 0 Å². The summed E-state index contributed by atoms with van der Waals surface area (Å²) in [6.45, 7) is 2.84. The molecule has 0 saturated heterocycles. The molecule has 0 aliphatic rings. The van der Waals surface area contributed by atoms with Crippen LogP contribution in [0.3, 0.4) is 0 Å². The molecule has 1 heterocycles. The molecule has 0 atom stereocenters. The van der Waals surface area contributed by atoms with E-state index in [1.54, 1.807) is 25.4 Å². The molecule has 102 valence electrons. The molecular weight excluding hydrogens is 252 g/mol. The van der Waals surface area contributed by atoms with Crippen molar-refractivity contribution in [2.24, 2.45) is 0 Å². The van der Waals surface area contributed by atoms with E-state index in [4.69, 9.17) is 10.00 Å². The predicted molar refractivity (Wildman–Crippen MR) is 79.4 cm³/mol. The average molecular weight is 268 g/mol. The molecule has 0 fully saturated rings. The summed E-state index contributed by atoms with van der Waals surface area (Å²) in [6.07, 6.45) is 1.73. The van der Waals surface area contributed by atoms with E-state index in [0.717, 1.165) is 23.7 Å². The van der Waals surface area contributed by atoms with E-state index in [9.17, 15) is 0 Å². The van der Waals surface area contributed by atoms with Crippen molar-refractivity contribution in [3.05, 3.63) is 42.1 Å². The highest BCUT2D eigenvalue weighted by molar-refractivity contribution is 5.69. The van der Waals surface area contributed by atoms with Gasteiger partial charge in [-0.05, 0) is 25.1 Å². The zero-order valence-electron chi connectivity index (χ0n) is 11.5. The Kier molecular flexibility index (Phi) is 4.40. The van der Waals surface area contributed by atoms with Gasteiger partial charge < -0.3 is 15.4 Å². The third-order valence-corrected chi connectivity index (χ3v) is 2.73. The maximum absolute atomic E-state index is 8.89. The number of nitrogens with one attached hydrogen (secondary N) is 2. The molecule has 5 heteroatoms. The van der Waals surface area contributed by atoms with Gasteiger partial charge in [0.2, 0.25) is 0 Å². The van der Waals surface area contributed by atoms with Crippen LogP contribution >= 0.6 is 0 Å². The van der Waals surface area contributed by atoms with Crippen LogP contribution in [0, 0.1) is 11.3 Å². The number of nitrogens with zero attached hydrogens (tertiary/aromatic N) is 2. The molecule has 2 rings (SSSR count). The number of nitriles is 1. The van der Waals surface area contributed by atoms with Crippen molar-refractivity contribution in [3.63, 3.8) is 0 Å². The standard InChI is InChI=1S/C15H16N4O/c1-3-17-15-9-12(6-7-18-15)19-13-5-4-11(10-16)8-14(13)20-2/h4-9H,3H2,1-2H3,(H2,17,18,19). The largest absolute Gasteiger partial charge is 0.495 e. The summed E-state index contributed by atoms with van der Waals surface area (Å²) in [4.78, 5) is 4.22. The molecule has 0 spiro atoms. The summed E-state index contributed by atoms with van der Waals surface area (Å²) in [5.74, 6) is 1.44. The maximum atomic E-state index is 8.89. The number of methoxy groups -OCH3 is 1. The van der Waals surface area contributed by atoms with Crippen LogP contribution < -0.4 is 15.4 Å². The first-order chi connectivity index (χ1) is 9.76. The average Bonchev–Trinajstić information content (AvgIpc) is 2.48. The number of hydrogen-bond acceptors (Lipinski definition) is 5. The number of benzene rings is 1. The molecule has 0 aliphatic heterocycles. The van der Waals surface area contributed by atoms with Crippen LogP contribution in [0.4, 0.5) is 17.2 Å². The topological polar surface area (TPSA) is 70.0 Å². The first-order valence-electron chi connectivity index (χ1n) is 6.32. The van der Waals surface area contributed by atoms with E-state index in [0.29, 0.717) is 11.3 Å². The van der Waals surface area contributed by atoms with Crippen LogP contribution in [-0.4, -0.2) is 18.6 Å². The number of anilines is 3. The molecule has 5 nitrogen and oxygen atoms in total. The lowest BCUT2D eigenvalue weighted by Crippen LogP contribution is -2.00. The molecule has 0 bridgehead atoms. The zero-order chi connectivity index (χ0) is 14.4. The summed E-state index contributed by atoms with van der Waals surface area (Å²) in [5, 5.41) is 15.3. The zero-order valence-corrected chi connectivity index (χ0v) is 11.5. The molecule has 2 N–H and O–H groups in total. The van der Waals surface area contributed by atoms with Gasteiger partial charge in [-0.1, -0.05) is 0 Å². The molecule has 0 radical (unpaired) electrons.